The van der Waals surface area contributed by atoms with E-state index >= 15 is 0 Å². The average molecular weight is 130 g/mol. The Morgan fingerprint density at radius 1 is 2.00 bits per heavy atom. The second-order valence-corrected chi connectivity index (χ2v) is 1.59. The van der Waals surface area contributed by atoms with Crippen LogP contribution in [0.3, 0.4) is 0 Å². The molecule has 0 bridgehead atoms. The quantitative estimate of drug-likeness (QED) is 0.498. The highest BCUT2D eigenvalue weighted by Gasteiger charge is 2.10. The van der Waals surface area contributed by atoms with Crippen molar-refractivity contribution in [3.05, 3.63) is 0 Å². The summed E-state index contributed by atoms with van der Waals surface area (Å²) in [6.07, 6.45) is 1.32. The molecule has 0 aliphatic heterocycles. The number of nitrogens with zero attached hydrogens (tertiary/aromatic N) is 1. The van der Waals surface area contributed by atoms with Crippen LogP contribution in [0.1, 0.15) is 0 Å². The van der Waals surface area contributed by atoms with Gasteiger partial charge in [0.05, 0.1) is 0 Å². The van der Waals surface area contributed by atoms with E-state index < -0.39 is 11.9 Å². The molecule has 0 aliphatic rings. The number of carboxylic acid groups (broad SMARTS) is 1. The number of hydrogen-bond donors (Lipinski definition) is 2. The zero-order valence-electron chi connectivity index (χ0n) is 5.24. The molecule has 0 saturated heterocycles. The van der Waals surface area contributed by atoms with Gasteiger partial charge in [0.25, 0.3) is 0 Å². The fourth-order valence-corrected chi connectivity index (χ4v) is 0.405. The van der Waals surface area contributed by atoms with E-state index in [0.29, 0.717) is 0 Å². The summed E-state index contributed by atoms with van der Waals surface area (Å²) in [6.45, 7) is 0.104. The van der Waals surface area contributed by atoms with E-state index in [0.717, 1.165) is 0 Å². The van der Waals surface area contributed by atoms with Crippen LogP contribution in [0.15, 0.2) is 4.99 Å². The number of rotatable bonds is 3. The third-order valence-electron chi connectivity index (χ3n) is 0.900. The topological polar surface area (TPSA) is 75.7 Å². The summed E-state index contributed by atoms with van der Waals surface area (Å²) in [5.41, 5.74) is 5.09. The van der Waals surface area contributed by atoms with E-state index in [1.165, 1.54) is 13.3 Å². The first-order chi connectivity index (χ1) is 4.22. The van der Waals surface area contributed by atoms with Gasteiger partial charge in [0.1, 0.15) is 5.92 Å². The Bertz CT molecular complexity index is 122. The van der Waals surface area contributed by atoms with Gasteiger partial charge in [-0.1, -0.05) is 0 Å². The summed E-state index contributed by atoms with van der Waals surface area (Å²) in [5.74, 6) is -1.56. The maximum Gasteiger partial charge on any atom is 0.313 e. The Kier molecular flexibility index (Phi) is 3.62. The number of nitrogens with two attached hydrogens (primary N) is 1. The van der Waals surface area contributed by atoms with Gasteiger partial charge in [-0.2, -0.15) is 0 Å². The van der Waals surface area contributed by atoms with Crippen LogP contribution >= 0.6 is 0 Å². The summed E-state index contributed by atoms with van der Waals surface area (Å²) in [6, 6.07) is 0. The van der Waals surface area contributed by atoms with Crippen molar-refractivity contribution in [1.29, 1.82) is 0 Å². The molecule has 4 heteroatoms. The van der Waals surface area contributed by atoms with Gasteiger partial charge < -0.3 is 10.8 Å². The van der Waals surface area contributed by atoms with E-state index in [1.807, 2.05) is 0 Å². The fraction of sp³-hybridized carbons (Fsp3) is 0.600. The highest BCUT2D eigenvalue weighted by atomic mass is 16.4. The van der Waals surface area contributed by atoms with Crippen LogP contribution < -0.4 is 5.73 Å². The number of aliphatic carboxylic acids is 1. The minimum atomic E-state index is -0.928. The van der Waals surface area contributed by atoms with Crippen LogP contribution in [-0.2, 0) is 4.79 Å². The van der Waals surface area contributed by atoms with Crippen LogP contribution in [0.25, 0.3) is 0 Å². The van der Waals surface area contributed by atoms with E-state index in [2.05, 4.69) is 4.99 Å². The van der Waals surface area contributed by atoms with Gasteiger partial charge in [-0.15, -0.1) is 0 Å². The lowest BCUT2D eigenvalue weighted by atomic mass is 10.2. The van der Waals surface area contributed by atoms with Gasteiger partial charge in [0, 0.05) is 19.8 Å². The van der Waals surface area contributed by atoms with Crippen molar-refractivity contribution < 1.29 is 9.90 Å². The molecule has 0 aromatic heterocycles. The van der Waals surface area contributed by atoms with Crippen molar-refractivity contribution in [2.75, 3.05) is 13.6 Å². The largest absolute Gasteiger partial charge is 0.481 e. The molecular weight excluding hydrogens is 120 g/mol. The van der Waals surface area contributed by atoms with Gasteiger partial charge in [0.15, 0.2) is 0 Å². The summed E-state index contributed by atoms with van der Waals surface area (Å²) >= 11 is 0. The van der Waals surface area contributed by atoms with Crippen molar-refractivity contribution in [2.24, 2.45) is 16.6 Å². The van der Waals surface area contributed by atoms with Crippen molar-refractivity contribution in [3.63, 3.8) is 0 Å². The molecule has 0 spiro atoms. The molecular formula is C5H10N2O2. The highest BCUT2D eigenvalue weighted by Crippen LogP contribution is 1.87. The van der Waals surface area contributed by atoms with E-state index in [9.17, 15) is 4.79 Å². The van der Waals surface area contributed by atoms with Gasteiger partial charge in [-0.25, -0.2) is 0 Å². The minimum Gasteiger partial charge on any atom is -0.481 e. The Labute approximate surface area is 53.4 Å². The third kappa shape index (κ3) is 2.81. The van der Waals surface area contributed by atoms with Crippen molar-refractivity contribution in [1.82, 2.24) is 0 Å². The zero-order valence-corrected chi connectivity index (χ0v) is 5.24. The third-order valence-corrected chi connectivity index (χ3v) is 0.900. The summed E-state index contributed by atoms with van der Waals surface area (Å²) in [4.78, 5) is 13.7. The standard InChI is InChI=1S/C5H10N2O2/c1-7-3-4(2-6)5(8)9/h3-4H,2,6H2,1H3,(H,8,9)/b7-3+. The maximum absolute atomic E-state index is 10.1. The zero-order chi connectivity index (χ0) is 7.28. The molecule has 1 unspecified atom stereocenters. The molecule has 3 N–H and O–H groups in total. The summed E-state index contributed by atoms with van der Waals surface area (Å²) < 4.78 is 0. The van der Waals surface area contributed by atoms with Gasteiger partial charge in [-0.3, -0.25) is 9.79 Å². The van der Waals surface area contributed by atoms with Crippen molar-refractivity contribution in [2.45, 2.75) is 0 Å². The number of hydrogen-bond acceptors (Lipinski definition) is 3. The minimum absolute atomic E-state index is 0.104. The van der Waals surface area contributed by atoms with Gasteiger partial charge >= 0.3 is 5.97 Å². The number of carbonyl (C=O) groups is 1. The Balaban J connectivity index is 3.83. The molecule has 0 rings (SSSR count). The Hall–Kier alpha value is -0.900. The SMILES string of the molecule is C/N=C/C(CN)C(=O)O. The highest BCUT2D eigenvalue weighted by molar-refractivity contribution is 5.88. The van der Waals surface area contributed by atoms with Crippen LogP contribution in [0.2, 0.25) is 0 Å². The monoisotopic (exact) mass is 130 g/mol. The second kappa shape index (κ2) is 4.03. The smallest absolute Gasteiger partial charge is 0.313 e. The molecule has 0 radical (unpaired) electrons. The first-order valence-electron chi connectivity index (χ1n) is 2.57. The van der Waals surface area contributed by atoms with Crippen LogP contribution in [0, 0.1) is 5.92 Å². The molecule has 4 nitrogen and oxygen atoms in total. The molecule has 0 aliphatic carbocycles. The Morgan fingerprint density at radius 2 is 2.56 bits per heavy atom. The molecule has 0 amide bonds. The molecule has 0 aromatic rings. The number of carboxylic acids is 1. The van der Waals surface area contributed by atoms with Crippen molar-refractivity contribution >= 4 is 12.2 Å². The van der Waals surface area contributed by atoms with Crippen LogP contribution in [0.4, 0.5) is 0 Å². The van der Waals surface area contributed by atoms with Crippen molar-refractivity contribution in [3.8, 4) is 0 Å². The maximum atomic E-state index is 10.1. The predicted octanol–water partition coefficient (Wildman–Crippen LogP) is -0.653. The first-order valence-corrected chi connectivity index (χ1v) is 2.57. The normalized spacial score (nSPS) is 14.0. The molecule has 0 saturated carbocycles. The van der Waals surface area contributed by atoms with Crippen LogP contribution in [-0.4, -0.2) is 30.9 Å². The molecule has 1 atom stereocenters. The Morgan fingerprint density at radius 3 is 2.67 bits per heavy atom. The molecule has 9 heavy (non-hydrogen) atoms. The second-order valence-electron chi connectivity index (χ2n) is 1.59. The average Bonchev–Trinajstić information content (AvgIpc) is 1.82. The lowest BCUT2D eigenvalue weighted by molar-refractivity contribution is -0.138. The van der Waals surface area contributed by atoms with Gasteiger partial charge in [-0.05, 0) is 0 Å². The summed E-state index contributed by atoms with van der Waals surface area (Å²) in [7, 11) is 1.52. The first kappa shape index (κ1) is 8.10. The predicted molar refractivity (Wildman–Crippen MR) is 34.6 cm³/mol. The summed E-state index contributed by atoms with van der Waals surface area (Å²) in [5, 5.41) is 8.33. The van der Waals surface area contributed by atoms with Crippen LogP contribution in [0.5, 0.6) is 0 Å². The van der Waals surface area contributed by atoms with E-state index in [-0.39, 0.29) is 6.54 Å². The lowest BCUT2D eigenvalue weighted by Crippen LogP contribution is -2.24. The molecule has 0 aromatic carbocycles. The van der Waals surface area contributed by atoms with E-state index in [1.54, 1.807) is 0 Å². The van der Waals surface area contributed by atoms with Gasteiger partial charge in [0.2, 0.25) is 0 Å². The molecule has 0 heterocycles. The molecule has 0 fully saturated rings. The number of aliphatic imine (C=N–C) groups is 1. The fourth-order valence-electron chi connectivity index (χ4n) is 0.405. The van der Waals surface area contributed by atoms with E-state index in [4.69, 9.17) is 10.8 Å². The lowest BCUT2D eigenvalue weighted by Gasteiger charge is -1.99. The molecule has 52 valence electrons.